The van der Waals surface area contributed by atoms with Gasteiger partial charge >= 0.3 is 51.4 Å². The largest absolute Gasteiger partial charge is 1.00 e. The maximum atomic E-state index is 11.5. The Morgan fingerprint density at radius 1 is 0.952 bits per heavy atom. The molecule has 0 spiro atoms. The molecule has 0 heterocycles. The zero-order chi connectivity index (χ0) is 15.3. The molecule has 0 fully saturated rings. The van der Waals surface area contributed by atoms with Crippen molar-refractivity contribution in [3.63, 3.8) is 0 Å². The van der Waals surface area contributed by atoms with Crippen molar-refractivity contribution in [1.29, 1.82) is 0 Å². The van der Waals surface area contributed by atoms with E-state index in [0.29, 0.717) is 6.42 Å². The van der Waals surface area contributed by atoms with Gasteiger partial charge < -0.3 is 9.90 Å². The van der Waals surface area contributed by atoms with Gasteiger partial charge in [0.2, 0.25) is 10.0 Å². The minimum atomic E-state index is -3.32. The average molecular weight is 346 g/mol. The summed E-state index contributed by atoms with van der Waals surface area (Å²) < 4.78 is 25.3. The molecule has 0 rings (SSSR count). The van der Waals surface area contributed by atoms with E-state index in [4.69, 9.17) is 0 Å². The van der Waals surface area contributed by atoms with Crippen LogP contribution >= 0.6 is 0 Å². The van der Waals surface area contributed by atoms with Gasteiger partial charge in [-0.1, -0.05) is 58.3 Å². The summed E-state index contributed by atoms with van der Waals surface area (Å²) in [6, 6.07) is 0. The fourth-order valence-electron chi connectivity index (χ4n) is 1.98. The van der Waals surface area contributed by atoms with E-state index in [1.807, 2.05) is 0 Å². The van der Waals surface area contributed by atoms with Crippen molar-refractivity contribution in [3.05, 3.63) is 0 Å². The first-order chi connectivity index (χ1) is 9.48. The molecule has 0 saturated heterocycles. The van der Waals surface area contributed by atoms with Crippen LogP contribution in [-0.4, -0.2) is 26.7 Å². The summed E-state index contributed by atoms with van der Waals surface area (Å²) in [5.41, 5.74) is 0. The van der Waals surface area contributed by atoms with E-state index in [1.54, 1.807) is 0 Å². The number of rotatable bonds is 14. The molecule has 0 aromatic heterocycles. The molecule has 0 bridgehead atoms. The molecule has 0 saturated carbocycles. The van der Waals surface area contributed by atoms with Crippen LogP contribution in [0.2, 0.25) is 0 Å². The predicted octanol–water partition coefficient (Wildman–Crippen LogP) is -1.42. The van der Waals surface area contributed by atoms with E-state index in [1.165, 1.54) is 38.5 Å². The molecule has 0 aliphatic rings. The topological polar surface area (TPSA) is 86.3 Å². The SMILES string of the molecule is CCCCCCCCCCCS(=O)(=O)NCCC(=O)[O-].[K+]. The summed E-state index contributed by atoms with van der Waals surface area (Å²) in [4.78, 5) is 10.2. The van der Waals surface area contributed by atoms with Gasteiger partial charge in [0.15, 0.2) is 0 Å². The van der Waals surface area contributed by atoms with Crippen LogP contribution in [0.5, 0.6) is 0 Å². The second-order valence-electron chi connectivity index (χ2n) is 5.16. The van der Waals surface area contributed by atoms with Crippen molar-refractivity contribution in [1.82, 2.24) is 4.72 Å². The standard InChI is InChI=1S/C14H29NO4S.K/c1-2-3-4-5-6-7-8-9-10-13-20(18,19)15-12-11-14(16)17;/h15H,2-13H2,1H3,(H,16,17);/q;+1/p-1. The summed E-state index contributed by atoms with van der Waals surface area (Å²) >= 11 is 0. The van der Waals surface area contributed by atoms with Gasteiger partial charge in [-0.3, -0.25) is 0 Å². The van der Waals surface area contributed by atoms with Crippen LogP contribution in [0.25, 0.3) is 0 Å². The number of carbonyl (C=O) groups excluding carboxylic acids is 1. The van der Waals surface area contributed by atoms with Crippen molar-refractivity contribution in [3.8, 4) is 0 Å². The number of carboxylic acids is 1. The van der Waals surface area contributed by atoms with Gasteiger partial charge in [0, 0.05) is 18.9 Å². The third-order valence-electron chi connectivity index (χ3n) is 3.17. The van der Waals surface area contributed by atoms with Crippen LogP contribution in [0.3, 0.4) is 0 Å². The van der Waals surface area contributed by atoms with E-state index < -0.39 is 16.0 Å². The quantitative estimate of drug-likeness (QED) is 0.309. The molecule has 0 aliphatic carbocycles. The van der Waals surface area contributed by atoms with E-state index in [-0.39, 0.29) is 70.1 Å². The summed E-state index contributed by atoms with van der Waals surface area (Å²) in [6.45, 7) is 2.11. The van der Waals surface area contributed by atoms with Gasteiger partial charge in [-0.25, -0.2) is 13.1 Å². The molecule has 0 aromatic rings. The second-order valence-corrected chi connectivity index (χ2v) is 7.09. The number of carboxylic acid groups (broad SMARTS) is 1. The zero-order valence-corrected chi connectivity index (χ0v) is 17.5. The third-order valence-corrected chi connectivity index (χ3v) is 4.64. The van der Waals surface area contributed by atoms with Crippen LogP contribution in [-0.2, 0) is 14.8 Å². The summed E-state index contributed by atoms with van der Waals surface area (Å²) in [5.74, 6) is -1.16. The molecule has 7 heteroatoms. The third kappa shape index (κ3) is 19.0. The molecule has 120 valence electrons. The smallest absolute Gasteiger partial charge is 0.550 e. The number of nitrogens with one attached hydrogen (secondary N) is 1. The van der Waals surface area contributed by atoms with Crippen molar-refractivity contribution >= 4 is 16.0 Å². The molecule has 5 nitrogen and oxygen atoms in total. The molecule has 21 heavy (non-hydrogen) atoms. The molecular weight excluding hydrogens is 317 g/mol. The van der Waals surface area contributed by atoms with E-state index in [0.717, 1.165) is 12.8 Å². The normalized spacial score (nSPS) is 11.1. The molecule has 1 N–H and O–H groups in total. The molecule has 0 radical (unpaired) electrons. The Hall–Kier alpha value is 1.02. The minimum absolute atomic E-state index is 0. The van der Waals surface area contributed by atoms with Crippen molar-refractivity contribution < 1.29 is 69.7 Å². The monoisotopic (exact) mass is 345 g/mol. The molecular formula is C14H28KNO4S. The molecule has 0 atom stereocenters. The van der Waals surface area contributed by atoms with Gasteiger partial charge in [0.05, 0.1) is 5.75 Å². The predicted molar refractivity (Wildman–Crippen MR) is 78.6 cm³/mol. The first-order valence-electron chi connectivity index (χ1n) is 7.65. The number of aliphatic carboxylic acids is 1. The Labute approximate surface area is 172 Å². The van der Waals surface area contributed by atoms with E-state index in [2.05, 4.69) is 11.6 Å². The zero-order valence-electron chi connectivity index (χ0n) is 13.5. The van der Waals surface area contributed by atoms with Gasteiger partial charge in [-0.2, -0.15) is 0 Å². The maximum Gasteiger partial charge on any atom is 1.00 e. The molecule has 0 unspecified atom stereocenters. The number of hydrogen-bond acceptors (Lipinski definition) is 4. The minimum Gasteiger partial charge on any atom is -0.550 e. The number of sulfonamides is 1. The average Bonchev–Trinajstić information content (AvgIpc) is 2.36. The first-order valence-corrected chi connectivity index (χ1v) is 9.30. The summed E-state index contributed by atoms with van der Waals surface area (Å²) in [5, 5.41) is 10.2. The van der Waals surface area contributed by atoms with Crippen molar-refractivity contribution in [2.24, 2.45) is 0 Å². The summed E-state index contributed by atoms with van der Waals surface area (Å²) in [7, 11) is -3.32. The second kappa shape index (κ2) is 15.9. The Morgan fingerprint density at radius 3 is 1.90 bits per heavy atom. The first kappa shape index (κ1) is 24.3. The van der Waals surface area contributed by atoms with Crippen LogP contribution in [0.4, 0.5) is 0 Å². The van der Waals surface area contributed by atoms with Gasteiger partial charge in [0.25, 0.3) is 0 Å². The van der Waals surface area contributed by atoms with Crippen LogP contribution in [0.1, 0.15) is 71.1 Å². The van der Waals surface area contributed by atoms with Gasteiger partial charge in [0.1, 0.15) is 0 Å². The molecule has 0 amide bonds. The summed E-state index contributed by atoms with van der Waals surface area (Å²) in [6.07, 6.45) is 9.86. The number of unbranched alkanes of at least 4 members (excludes halogenated alkanes) is 8. The Kier molecular flexibility index (Phi) is 18.4. The molecule has 0 aliphatic heterocycles. The fourth-order valence-corrected chi connectivity index (χ4v) is 3.13. The maximum absolute atomic E-state index is 11.5. The number of hydrogen-bond donors (Lipinski definition) is 1. The van der Waals surface area contributed by atoms with E-state index in [9.17, 15) is 18.3 Å². The van der Waals surface area contributed by atoms with Gasteiger partial charge in [-0.05, 0) is 6.42 Å². The van der Waals surface area contributed by atoms with Crippen LogP contribution < -0.4 is 61.2 Å². The van der Waals surface area contributed by atoms with E-state index >= 15 is 0 Å². The number of carbonyl (C=O) groups is 1. The van der Waals surface area contributed by atoms with Crippen LogP contribution in [0.15, 0.2) is 0 Å². The fraction of sp³-hybridized carbons (Fsp3) is 0.929. The Morgan fingerprint density at radius 2 is 1.43 bits per heavy atom. The van der Waals surface area contributed by atoms with Crippen LogP contribution in [0, 0.1) is 0 Å². The van der Waals surface area contributed by atoms with Crippen molar-refractivity contribution in [2.45, 2.75) is 71.1 Å². The Bertz CT molecular complexity index is 347. The van der Waals surface area contributed by atoms with Crippen molar-refractivity contribution in [2.75, 3.05) is 12.3 Å². The Balaban J connectivity index is 0. The molecule has 0 aromatic carbocycles. The van der Waals surface area contributed by atoms with Gasteiger partial charge in [-0.15, -0.1) is 0 Å².